The van der Waals surface area contributed by atoms with Crippen molar-refractivity contribution in [2.45, 2.75) is 6.54 Å². The third kappa shape index (κ3) is 3.39. The Morgan fingerprint density at radius 2 is 2.24 bits per heavy atom. The van der Waals surface area contributed by atoms with E-state index in [1.807, 2.05) is 41.0 Å². The number of hydrogen-bond donors (Lipinski definition) is 0. The second kappa shape index (κ2) is 5.58. The number of nitro benzene ring substituents is 1. The van der Waals surface area contributed by atoms with Gasteiger partial charge in [-0.2, -0.15) is 0 Å². The van der Waals surface area contributed by atoms with Crippen molar-refractivity contribution in [3.63, 3.8) is 0 Å². The lowest BCUT2D eigenvalue weighted by Gasteiger charge is -1.97. The predicted molar refractivity (Wildman–Crippen MR) is 57.8 cm³/mol. The lowest BCUT2D eigenvalue weighted by Crippen LogP contribution is -3.00. The van der Waals surface area contributed by atoms with Crippen molar-refractivity contribution >= 4 is 5.69 Å². The van der Waals surface area contributed by atoms with Crippen LogP contribution >= 0.6 is 0 Å². The van der Waals surface area contributed by atoms with E-state index in [-0.39, 0.29) is 27.6 Å². The summed E-state index contributed by atoms with van der Waals surface area (Å²) in [5, 5.41) is 10.6. The molecule has 0 atom stereocenters. The molecule has 2 aromatic rings. The fraction of sp³-hybridized carbons (Fsp3) is 0.182. The Labute approximate surface area is 109 Å². The van der Waals surface area contributed by atoms with Crippen LogP contribution in [0.4, 0.5) is 5.69 Å². The molecule has 0 aliphatic heterocycles. The van der Waals surface area contributed by atoms with Gasteiger partial charge in [0.15, 0.2) is 0 Å². The third-order valence-electron chi connectivity index (χ3n) is 2.31. The molecule has 17 heavy (non-hydrogen) atoms. The molecule has 0 saturated heterocycles. The molecule has 1 heterocycles. The molecular formula is C11H12BrN3O2. The fourth-order valence-electron chi connectivity index (χ4n) is 1.57. The van der Waals surface area contributed by atoms with Crippen molar-refractivity contribution in [1.29, 1.82) is 0 Å². The first-order valence-electron chi connectivity index (χ1n) is 4.89. The van der Waals surface area contributed by atoms with Gasteiger partial charge in [-0.1, -0.05) is 12.1 Å². The zero-order valence-corrected chi connectivity index (χ0v) is 10.9. The standard InChI is InChI=1S/C11H12N3O2.BrH/c1-12-5-6-13(9-12)8-10-3-2-4-11(7-10)14(15)16;/h2-7,9H,8H2,1H3;1H/q+1;/p-1. The lowest BCUT2D eigenvalue weighted by molar-refractivity contribution is -0.671. The number of benzene rings is 1. The quantitative estimate of drug-likeness (QED) is 0.384. The minimum Gasteiger partial charge on any atom is -1.00 e. The van der Waals surface area contributed by atoms with Crippen molar-refractivity contribution in [2.24, 2.45) is 7.05 Å². The van der Waals surface area contributed by atoms with Crippen LogP contribution < -0.4 is 21.5 Å². The average Bonchev–Trinajstić information content (AvgIpc) is 2.64. The molecule has 0 aliphatic carbocycles. The highest BCUT2D eigenvalue weighted by atomic mass is 79.9. The van der Waals surface area contributed by atoms with E-state index in [1.165, 1.54) is 6.07 Å². The second-order valence-electron chi connectivity index (χ2n) is 3.68. The predicted octanol–water partition coefficient (Wildman–Crippen LogP) is -1.73. The summed E-state index contributed by atoms with van der Waals surface area (Å²) in [6, 6.07) is 6.68. The highest BCUT2D eigenvalue weighted by Gasteiger charge is 2.07. The minimum atomic E-state index is -0.376. The minimum absolute atomic E-state index is 0. The van der Waals surface area contributed by atoms with Gasteiger partial charge in [-0.25, -0.2) is 9.13 Å². The van der Waals surface area contributed by atoms with Gasteiger partial charge in [0.05, 0.1) is 12.0 Å². The first-order chi connectivity index (χ1) is 7.65. The van der Waals surface area contributed by atoms with Gasteiger partial charge in [-0.3, -0.25) is 10.1 Å². The zero-order chi connectivity index (χ0) is 11.5. The maximum Gasteiger partial charge on any atom is 0.269 e. The van der Waals surface area contributed by atoms with E-state index in [0.29, 0.717) is 6.54 Å². The second-order valence-corrected chi connectivity index (χ2v) is 3.68. The molecule has 0 spiro atoms. The molecule has 5 nitrogen and oxygen atoms in total. The zero-order valence-electron chi connectivity index (χ0n) is 9.28. The number of aromatic nitrogens is 2. The number of nitro groups is 1. The van der Waals surface area contributed by atoms with Crippen LogP contribution in [0, 0.1) is 10.1 Å². The molecule has 0 aliphatic rings. The third-order valence-corrected chi connectivity index (χ3v) is 2.31. The number of aryl methyl sites for hydroxylation is 1. The molecule has 0 unspecified atom stereocenters. The van der Waals surface area contributed by atoms with Crippen LogP contribution in [-0.2, 0) is 13.6 Å². The van der Waals surface area contributed by atoms with Crippen LogP contribution in [0.15, 0.2) is 43.0 Å². The SMILES string of the molecule is C[n+]1ccn(Cc2cccc([N+](=O)[O-])c2)c1.[Br-]. The van der Waals surface area contributed by atoms with Gasteiger partial charge in [-0.15, -0.1) is 0 Å². The summed E-state index contributed by atoms with van der Waals surface area (Å²) in [5.41, 5.74) is 1.06. The Morgan fingerprint density at radius 1 is 1.47 bits per heavy atom. The van der Waals surface area contributed by atoms with E-state index in [2.05, 4.69) is 0 Å². The monoisotopic (exact) mass is 297 g/mol. The number of non-ortho nitro benzene ring substituents is 1. The smallest absolute Gasteiger partial charge is 0.269 e. The van der Waals surface area contributed by atoms with Gasteiger partial charge in [0.25, 0.3) is 5.69 Å². The topological polar surface area (TPSA) is 52.0 Å². The maximum atomic E-state index is 10.6. The first-order valence-corrected chi connectivity index (χ1v) is 4.89. The first kappa shape index (κ1) is 13.4. The van der Waals surface area contributed by atoms with Gasteiger partial charge in [0, 0.05) is 17.7 Å². The number of rotatable bonds is 3. The lowest BCUT2D eigenvalue weighted by atomic mass is 10.2. The number of imidazole rings is 1. The number of halogens is 1. The van der Waals surface area contributed by atoms with Crippen LogP contribution in [0.2, 0.25) is 0 Å². The molecule has 0 bridgehead atoms. The van der Waals surface area contributed by atoms with Gasteiger partial charge >= 0.3 is 0 Å². The van der Waals surface area contributed by atoms with Crippen LogP contribution in [0.3, 0.4) is 0 Å². The largest absolute Gasteiger partial charge is 1.00 e. The van der Waals surface area contributed by atoms with Crippen LogP contribution in [0.1, 0.15) is 5.56 Å². The van der Waals surface area contributed by atoms with E-state index in [1.54, 1.807) is 12.1 Å². The van der Waals surface area contributed by atoms with Crippen molar-refractivity contribution < 1.29 is 26.5 Å². The summed E-state index contributed by atoms with van der Waals surface area (Å²) in [6.45, 7) is 0.641. The summed E-state index contributed by atoms with van der Waals surface area (Å²) in [4.78, 5) is 10.2. The summed E-state index contributed by atoms with van der Waals surface area (Å²) >= 11 is 0. The van der Waals surface area contributed by atoms with Crippen molar-refractivity contribution in [2.75, 3.05) is 0 Å². The average molecular weight is 298 g/mol. The van der Waals surface area contributed by atoms with Gasteiger partial charge in [0.1, 0.15) is 18.9 Å². The summed E-state index contributed by atoms with van der Waals surface area (Å²) in [5.74, 6) is 0. The number of nitrogens with zero attached hydrogens (tertiary/aromatic N) is 3. The van der Waals surface area contributed by atoms with Crippen LogP contribution in [-0.4, -0.2) is 9.49 Å². The normalized spacial score (nSPS) is 9.71. The van der Waals surface area contributed by atoms with Gasteiger partial charge in [-0.05, 0) is 0 Å². The van der Waals surface area contributed by atoms with Crippen molar-refractivity contribution in [1.82, 2.24) is 4.57 Å². The molecule has 1 aromatic carbocycles. The molecule has 2 rings (SSSR count). The van der Waals surface area contributed by atoms with E-state index in [4.69, 9.17) is 0 Å². The molecule has 90 valence electrons. The Kier molecular flexibility index (Phi) is 4.39. The molecule has 0 saturated carbocycles. The van der Waals surface area contributed by atoms with Crippen molar-refractivity contribution in [3.05, 3.63) is 58.7 Å². The van der Waals surface area contributed by atoms with E-state index in [9.17, 15) is 10.1 Å². The van der Waals surface area contributed by atoms with Crippen LogP contribution in [0.25, 0.3) is 0 Å². The molecule has 6 heteroatoms. The molecule has 0 fully saturated rings. The molecular weight excluding hydrogens is 286 g/mol. The van der Waals surface area contributed by atoms with E-state index >= 15 is 0 Å². The van der Waals surface area contributed by atoms with Gasteiger partial charge in [0.2, 0.25) is 6.33 Å². The molecule has 0 radical (unpaired) electrons. The molecule has 1 aromatic heterocycles. The van der Waals surface area contributed by atoms with Crippen molar-refractivity contribution in [3.8, 4) is 0 Å². The highest BCUT2D eigenvalue weighted by molar-refractivity contribution is 5.34. The fourth-order valence-corrected chi connectivity index (χ4v) is 1.57. The molecule has 0 amide bonds. The Balaban J connectivity index is 0.00000144. The summed E-state index contributed by atoms with van der Waals surface area (Å²) in [7, 11) is 1.93. The number of hydrogen-bond acceptors (Lipinski definition) is 2. The Morgan fingerprint density at radius 3 is 2.82 bits per heavy atom. The Bertz CT molecular complexity index is 525. The maximum absolute atomic E-state index is 10.6. The highest BCUT2D eigenvalue weighted by Crippen LogP contribution is 2.13. The van der Waals surface area contributed by atoms with Gasteiger partial charge < -0.3 is 17.0 Å². The summed E-state index contributed by atoms with van der Waals surface area (Å²) in [6.07, 6.45) is 5.79. The molecule has 0 N–H and O–H groups in total. The van der Waals surface area contributed by atoms with E-state index < -0.39 is 0 Å². The Hall–Kier alpha value is -1.69. The van der Waals surface area contributed by atoms with E-state index in [0.717, 1.165) is 5.56 Å². The summed E-state index contributed by atoms with van der Waals surface area (Å²) < 4.78 is 3.90. The van der Waals surface area contributed by atoms with Crippen LogP contribution in [0.5, 0.6) is 0 Å².